The van der Waals surface area contributed by atoms with Gasteiger partial charge in [-0.15, -0.1) is 0 Å². The Bertz CT molecular complexity index is 316. The number of nitrogens with two attached hydrogens (primary N) is 2. The number of nitrogens with zero attached hydrogens (tertiary/aromatic N) is 1. The zero-order chi connectivity index (χ0) is 9.68. The van der Waals surface area contributed by atoms with Crippen molar-refractivity contribution in [1.29, 1.82) is 5.41 Å². The first-order valence-electron chi connectivity index (χ1n) is 3.89. The average molecular weight is 176 g/mol. The van der Waals surface area contributed by atoms with Crippen LogP contribution in [0.4, 0.5) is 0 Å². The van der Waals surface area contributed by atoms with Crippen molar-refractivity contribution in [3.63, 3.8) is 0 Å². The predicted molar refractivity (Wildman–Crippen MR) is 53.2 cm³/mol. The number of hydrogen-bond donors (Lipinski definition) is 3. The summed E-state index contributed by atoms with van der Waals surface area (Å²) < 4.78 is 0. The minimum atomic E-state index is 0.0114. The van der Waals surface area contributed by atoms with Gasteiger partial charge in [-0.3, -0.25) is 10.4 Å². The van der Waals surface area contributed by atoms with Crippen LogP contribution in [-0.2, 0) is 0 Å². The molecule has 4 heteroatoms. The monoisotopic (exact) mass is 176 g/mol. The summed E-state index contributed by atoms with van der Waals surface area (Å²) in [5, 5.41) is 7.11. The fourth-order valence-electron chi connectivity index (χ4n) is 1.01. The molecule has 0 aliphatic rings. The van der Waals surface area contributed by atoms with Gasteiger partial charge in [-0.05, 0) is 29.3 Å². The summed E-state index contributed by atoms with van der Waals surface area (Å²) in [7, 11) is 0. The maximum atomic E-state index is 7.11. The van der Waals surface area contributed by atoms with E-state index in [-0.39, 0.29) is 5.84 Å². The van der Waals surface area contributed by atoms with Crippen LogP contribution in [0.15, 0.2) is 30.6 Å². The lowest BCUT2D eigenvalue weighted by Gasteiger charge is -2.03. The Morgan fingerprint density at radius 2 is 2.08 bits per heavy atom. The fourth-order valence-corrected chi connectivity index (χ4v) is 1.01. The molecule has 1 rings (SSSR count). The second-order valence-corrected chi connectivity index (χ2v) is 2.56. The van der Waals surface area contributed by atoms with E-state index < -0.39 is 0 Å². The molecule has 0 radical (unpaired) electrons. The summed E-state index contributed by atoms with van der Waals surface area (Å²) in [4.78, 5) is 3.89. The molecule has 1 aromatic rings. The van der Waals surface area contributed by atoms with E-state index in [2.05, 4.69) is 4.98 Å². The molecule has 13 heavy (non-hydrogen) atoms. The van der Waals surface area contributed by atoms with Crippen LogP contribution >= 0.6 is 0 Å². The fraction of sp³-hybridized carbons (Fsp3) is 0.111. The summed E-state index contributed by atoms with van der Waals surface area (Å²) in [5.41, 5.74) is 12.5. The first-order valence-corrected chi connectivity index (χ1v) is 3.89. The molecular formula is C9H12N4. The molecule has 1 aromatic heterocycles. The van der Waals surface area contributed by atoms with Gasteiger partial charge in [-0.1, -0.05) is 0 Å². The van der Waals surface area contributed by atoms with Crippen molar-refractivity contribution in [3.8, 4) is 0 Å². The third kappa shape index (κ3) is 2.68. The number of nitrogens with one attached hydrogen (secondary N) is 1. The molecule has 1 heterocycles. The van der Waals surface area contributed by atoms with E-state index in [1.54, 1.807) is 18.5 Å². The van der Waals surface area contributed by atoms with Crippen molar-refractivity contribution >= 4 is 11.4 Å². The first-order chi connectivity index (χ1) is 6.24. The van der Waals surface area contributed by atoms with Crippen molar-refractivity contribution in [2.45, 2.75) is 0 Å². The van der Waals surface area contributed by atoms with Crippen LogP contribution in [-0.4, -0.2) is 17.4 Å². The van der Waals surface area contributed by atoms with Gasteiger partial charge in [0.1, 0.15) is 5.84 Å². The molecule has 0 atom stereocenters. The quantitative estimate of drug-likeness (QED) is 0.459. The Morgan fingerprint density at radius 3 is 2.54 bits per heavy atom. The molecule has 0 unspecified atom stereocenters. The maximum absolute atomic E-state index is 7.11. The molecule has 4 nitrogen and oxygen atoms in total. The van der Waals surface area contributed by atoms with E-state index in [4.69, 9.17) is 16.9 Å². The normalized spacial score (nSPS) is 11.3. The first kappa shape index (κ1) is 9.41. The van der Waals surface area contributed by atoms with Gasteiger partial charge in [0.2, 0.25) is 0 Å². The summed E-state index contributed by atoms with van der Waals surface area (Å²) >= 11 is 0. The Balaban J connectivity index is 2.98. The standard InChI is InChI=1S/C9H12N4/c10-6-8(5-9(11)12)7-1-3-13-4-2-7/h1-5H,6,10H2,(H3,11,12)/b8-5+. The zero-order valence-corrected chi connectivity index (χ0v) is 7.20. The highest BCUT2D eigenvalue weighted by Gasteiger charge is 1.98. The van der Waals surface area contributed by atoms with E-state index in [0.717, 1.165) is 11.1 Å². The molecule has 0 saturated heterocycles. The van der Waals surface area contributed by atoms with Gasteiger partial charge in [-0.25, -0.2) is 0 Å². The summed E-state index contributed by atoms with van der Waals surface area (Å²) in [6.45, 7) is 0.365. The topological polar surface area (TPSA) is 88.8 Å². The van der Waals surface area contributed by atoms with E-state index in [1.165, 1.54) is 0 Å². The lowest BCUT2D eigenvalue weighted by Crippen LogP contribution is -2.10. The average Bonchev–Trinajstić information content (AvgIpc) is 2.15. The largest absolute Gasteiger partial charge is 0.384 e. The van der Waals surface area contributed by atoms with Crippen molar-refractivity contribution < 1.29 is 0 Å². The zero-order valence-electron chi connectivity index (χ0n) is 7.20. The van der Waals surface area contributed by atoms with Gasteiger partial charge in [0.25, 0.3) is 0 Å². The maximum Gasteiger partial charge on any atom is 0.115 e. The van der Waals surface area contributed by atoms with Crippen LogP contribution in [0.5, 0.6) is 0 Å². The molecule has 0 aliphatic carbocycles. The smallest absolute Gasteiger partial charge is 0.115 e. The Morgan fingerprint density at radius 1 is 1.46 bits per heavy atom. The van der Waals surface area contributed by atoms with Gasteiger partial charge < -0.3 is 11.5 Å². The van der Waals surface area contributed by atoms with Crippen molar-refractivity contribution in [2.24, 2.45) is 11.5 Å². The van der Waals surface area contributed by atoms with E-state index in [0.29, 0.717) is 6.54 Å². The Hall–Kier alpha value is -1.68. The second-order valence-electron chi connectivity index (χ2n) is 2.56. The number of amidine groups is 1. The van der Waals surface area contributed by atoms with Crippen molar-refractivity contribution in [1.82, 2.24) is 4.98 Å². The van der Waals surface area contributed by atoms with E-state index in [9.17, 15) is 0 Å². The molecule has 0 aromatic carbocycles. The van der Waals surface area contributed by atoms with Gasteiger partial charge in [0.05, 0.1) is 0 Å². The molecular weight excluding hydrogens is 164 g/mol. The molecule has 0 fully saturated rings. The minimum Gasteiger partial charge on any atom is -0.384 e. The van der Waals surface area contributed by atoms with Crippen LogP contribution < -0.4 is 11.5 Å². The van der Waals surface area contributed by atoms with Crippen LogP contribution in [0, 0.1) is 5.41 Å². The highest BCUT2D eigenvalue weighted by Crippen LogP contribution is 2.10. The SMILES string of the molecule is N=C(N)/C=C(\CN)c1ccncc1. The molecule has 68 valence electrons. The Labute approximate surface area is 76.8 Å². The third-order valence-corrected chi connectivity index (χ3v) is 1.60. The predicted octanol–water partition coefficient (Wildman–Crippen LogP) is 0.360. The number of aromatic nitrogens is 1. The lowest BCUT2D eigenvalue weighted by atomic mass is 10.1. The summed E-state index contributed by atoms with van der Waals surface area (Å²) in [5.74, 6) is 0.0114. The molecule has 5 N–H and O–H groups in total. The summed E-state index contributed by atoms with van der Waals surface area (Å²) in [6.07, 6.45) is 4.91. The second kappa shape index (κ2) is 4.37. The van der Waals surface area contributed by atoms with Crippen LogP contribution in [0.1, 0.15) is 5.56 Å². The van der Waals surface area contributed by atoms with Gasteiger partial charge in [0.15, 0.2) is 0 Å². The number of pyridine rings is 1. The van der Waals surface area contributed by atoms with E-state index >= 15 is 0 Å². The number of hydrogen-bond acceptors (Lipinski definition) is 3. The molecule has 0 bridgehead atoms. The Kier molecular flexibility index (Phi) is 3.16. The van der Waals surface area contributed by atoms with Gasteiger partial charge >= 0.3 is 0 Å². The highest BCUT2D eigenvalue weighted by atomic mass is 14.7. The number of rotatable bonds is 3. The van der Waals surface area contributed by atoms with Crippen LogP contribution in [0.3, 0.4) is 0 Å². The highest BCUT2D eigenvalue weighted by molar-refractivity contribution is 5.96. The van der Waals surface area contributed by atoms with Crippen LogP contribution in [0.25, 0.3) is 5.57 Å². The molecule has 0 saturated carbocycles. The van der Waals surface area contributed by atoms with Crippen LogP contribution in [0.2, 0.25) is 0 Å². The molecule has 0 amide bonds. The molecule has 0 spiro atoms. The van der Waals surface area contributed by atoms with Gasteiger partial charge in [0, 0.05) is 18.9 Å². The van der Waals surface area contributed by atoms with Crippen molar-refractivity contribution in [2.75, 3.05) is 6.54 Å². The minimum absolute atomic E-state index is 0.0114. The van der Waals surface area contributed by atoms with Gasteiger partial charge in [-0.2, -0.15) is 0 Å². The third-order valence-electron chi connectivity index (χ3n) is 1.60. The van der Waals surface area contributed by atoms with Crippen molar-refractivity contribution in [3.05, 3.63) is 36.2 Å². The summed E-state index contributed by atoms with van der Waals surface area (Å²) in [6, 6.07) is 3.67. The lowest BCUT2D eigenvalue weighted by molar-refractivity contribution is 1.24. The van der Waals surface area contributed by atoms with E-state index in [1.807, 2.05) is 12.1 Å². The molecule has 0 aliphatic heterocycles.